The maximum absolute atomic E-state index is 6.38. The van der Waals surface area contributed by atoms with Gasteiger partial charge in [0.25, 0.3) is 0 Å². The van der Waals surface area contributed by atoms with Crippen molar-refractivity contribution in [1.29, 1.82) is 0 Å². The summed E-state index contributed by atoms with van der Waals surface area (Å²) in [5.74, 6) is 1.64. The smallest absolute Gasteiger partial charge is 0.0589 e. The number of nitrogens with two attached hydrogens (primary N) is 1. The van der Waals surface area contributed by atoms with Crippen LogP contribution in [0.25, 0.3) is 0 Å². The highest BCUT2D eigenvalue weighted by Gasteiger charge is 2.34. The predicted octanol–water partition coefficient (Wildman–Crippen LogP) is 2.64. The lowest BCUT2D eigenvalue weighted by atomic mass is 9.76. The van der Waals surface area contributed by atoms with Gasteiger partial charge >= 0.3 is 0 Å². The van der Waals surface area contributed by atoms with E-state index < -0.39 is 0 Å². The Bertz CT molecular complexity index is 255. The lowest BCUT2D eigenvalue weighted by Crippen LogP contribution is -2.44. The molecule has 0 radical (unpaired) electrons. The molecule has 19 heavy (non-hydrogen) atoms. The van der Waals surface area contributed by atoms with Crippen LogP contribution in [0.2, 0.25) is 0 Å². The van der Waals surface area contributed by atoms with Crippen molar-refractivity contribution in [3.63, 3.8) is 0 Å². The number of hydrogen-bond donors (Lipinski definition) is 1. The molecule has 3 heteroatoms. The lowest BCUT2D eigenvalue weighted by molar-refractivity contribution is 0.108. The first-order valence-corrected chi connectivity index (χ1v) is 8.23. The average Bonchev–Trinajstić information content (AvgIpc) is 3.22. The summed E-state index contributed by atoms with van der Waals surface area (Å²) in [4.78, 5) is 2.64. The van der Waals surface area contributed by atoms with E-state index in [1.54, 1.807) is 7.11 Å². The Morgan fingerprint density at radius 3 is 2.63 bits per heavy atom. The van der Waals surface area contributed by atoms with Crippen LogP contribution in [-0.4, -0.2) is 43.8 Å². The van der Waals surface area contributed by atoms with Crippen molar-refractivity contribution < 1.29 is 4.74 Å². The summed E-state index contributed by atoms with van der Waals surface area (Å²) in [7, 11) is 1.80. The molecule has 0 spiro atoms. The fourth-order valence-electron chi connectivity index (χ4n) is 3.64. The quantitative estimate of drug-likeness (QED) is 0.735. The van der Waals surface area contributed by atoms with Gasteiger partial charge in [0, 0.05) is 32.3 Å². The first-order chi connectivity index (χ1) is 9.24. The molecule has 3 nitrogen and oxygen atoms in total. The maximum atomic E-state index is 6.38. The highest BCUT2D eigenvalue weighted by molar-refractivity contribution is 4.90. The molecule has 0 bridgehead atoms. The number of rotatable bonds is 8. The second-order valence-corrected chi connectivity index (χ2v) is 6.61. The summed E-state index contributed by atoms with van der Waals surface area (Å²) in [5.41, 5.74) is 6.38. The Hall–Kier alpha value is -0.120. The van der Waals surface area contributed by atoms with E-state index >= 15 is 0 Å². The third kappa shape index (κ3) is 4.73. The van der Waals surface area contributed by atoms with Crippen molar-refractivity contribution in [2.24, 2.45) is 17.6 Å². The molecule has 0 saturated heterocycles. The zero-order chi connectivity index (χ0) is 13.7. The molecule has 2 N–H and O–H groups in total. The Morgan fingerprint density at radius 2 is 2.00 bits per heavy atom. The minimum atomic E-state index is 0.428. The van der Waals surface area contributed by atoms with Crippen LogP contribution in [0.3, 0.4) is 0 Å². The van der Waals surface area contributed by atoms with Gasteiger partial charge in [-0.15, -0.1) is 0 Å². The second-order valence-electron chi connectivity index (χ2n) is 6.61. The van der Waals surface area contributed by atoms with Crippen LogP contribution in [0.15, 0.2) is 0 Å². The van der Waals surface area contributed by atoms with Gasteiger partial charge in [0.05, 0.1) is 6.61 Å². The SMILES string of the molecule is CCCC1CCC(N)C(CN(CCOC)C2CC2)C1. The van der Waals surface area contributed by atoms with Gasteiger partial charge in [-0.05, 0) is 43.9 Å². The summed E-state index contributed by atoms with van der Waals surface area (Å²) >= 11 is 0. The maximum Gasteiger partial charge on any atom is 0.0589 e. The van der Waals surface area contributed by atoms with Crippen LogP contribution in [0, 0.1) is 11.8 Å². The normalized spacial score (nSPS) is 31.9. The van der Waals surface area contributed by atoms with Crippen LogP contribution in [0.4, 0.5) is 0 Å². The number of ether oxygens (including phenoxy) is 1. The molecule has 0 amide bonds. The molecule has 2 fully saturated rings. The van der Waals surface area contributed by atoms with E-state index in [0.717, 1.165) is 25.1 Å². The van der Waals surface area contributed by atoms with Crippen LogP contribution < -0.4 is 5.73 Å². The molecule has 2 aliphatic carbocycles. The molecule has 0 aliphatic heterocycles. The summed E-state index contributed by atoms with van der Waals surface area (Å²) < 4.78 is 5.25. The molecule has 3 unspecified atom stereocenters. The van der Waals surface area contributed by atoms with Crippen molar-refractivity contribution in [2.75, 3.05) is 26.8 Å². The second kappa shape index (κ2) is 7.61. The van der Waals surface area contributed by atoms with Gasteiger partial charge in [-0.2, -0.15) is 0 Å². The minimum Gasteiger partial charge on any atom is -0.383 e. The van der Waals surface area contributed by atoms with Gasteiger partial charge in [-0.1, -0.05) is 19.8 Å². The molecule has 112 valence electrons. The van der Waals surface area contributed by atoms with Crippen LogP contribution in [-0.2, 0) is 4.74 Å². The molecule has 2 rings (SSSR count). The van der Waals surface area contributed by atoms with E-state index in [1.807, 2.05) is 0 Å². The monoisotopic (exact) mass is 268 g/mol. The molecule has 0 aromatic heterocycles. The highest BCUT2D eigenvalue weighted by atomic mass is 16.5. The van der Waals surface area contributed by atoms with Gasteiger partial charge in [0.15, 0.2) is 0 Å². The topological polar surface area (TPSA) is 38.5 Å². The zero-order valence-electron chi connectivity index (χ0n) is 12.8. The number of methoxy groups -OCH3 is 1. The highest BCUT2D eigenvalue weighted by Crippen LogP contribution is 2.34. The van der Waals surface area contributed by atoms with Crippen LogP contribution in [0.5, 0.6) is 0 Å². The van der Waals surface area contributed by atoms with Crippen LogP contribution in [0.1, 0.15) is 51.9 Å². The third-order valence-electron chi connectivity index (χ3n) is 4.96. The Balaban J connectivity index is 1.83. The van der Waals surface area contributed by atoms with Crippen LogP contribution >= 0.6 is 0 Å². The third-order valence-corrected chi connectivity index (χ3v) is 4.96. The van der Waals surface area contributed by atoms with Gasteiger partial charge in [0.2, 0.25) is 0 Å². The van der Waals surface area contributed by atoms with Gasteiger partial charge in [-0.25, -0.2) is 0 Å². The predicted molar refractivity (Wildman–Crippen MR) is 80.2 cm³/mol. The fraction of sp³-hybridized carbons (Fsp3) is 1.00. The summed E-state index contributed by atoms with van der Waals surface area (Å²) in [6.07, 6.45) is 9.41. The molecule has 2 saturated carbocycles. The minimum absolute atomic E-state index is 0.428. The average molecular weight is 268 g/mol. The first-order valence-electron chi connectivity index (χ1n) is 8.23. The van der Waals surface area contributed by atoms with E-state index in [0.29, 0.717) is 12.0 Å². The van der Waals surface area contributed by atoms with Gasteiger partial charge in [0.1, 0.15) is 0 Å². The van der Waals surface area contributed by atoms with Gasteiger partial charge in [-0.3, -0.25) is 4.90 Å². The fourth-order valence-corrected chi connectivity index (χ4v) is 3.64. The number of nitrogens with zero attached hydrogens (tertiary/aromatic N) is 1. The molecular weight excluding hydrogens is 236 g/mol. The van der Waals surface area contributed by atoms with Crippen molar-refractivity contribution in [3.05, 3.63) is 0 Å². The van der Waals surface area contributed by atoms with E-state index in [4.69, 9.17) is 10.5 Å². The van der Waals surface area contributed by atoms with E-state index in [2.05, 4.69) is 11.8 Å². The van der Waals surface area contributed by atoms with Gasteiger partial charge < -0.3 is 10.5 Å². The van der Waals surface area contributed by atoms with E-state index in [-0.39, 0.29) is 0 Å². The van der Waals surface area contributed by atoms with E-state index in [1.165, 1.54) is 51.5 Å². The van der Waals surface area contributed by atoms with Crippen molar-refractivity contribution >= 4 is 0 Å². The zero-order valence-corrected chi connectivity index (χ0v) is 12.8. The summed E-state index contributed by atoms with van der Waals surface area (Å²) in [5, 5.41) is 0. The Kier molecular flexibility index (Phi) is 6.11. The first kappa shape index (κ1) is 15.3. The van der Waals surface area contributed by atoms with Crippen molar-refractivity contribution in [2.45, 2.75) is 64.0 Å². The molecular formula is C16H32N2O. The summed E-state index contributed by atoms with van der Waals surface area (Å²) in [6, 6.07) is 1.26. The van der Waals surface area contributed by atoms with Crippen molar-refractivity contribution in [1.82, 2.24) is 4.90 Å². The molecule has 3 atom stereocenters. The summed E-state index contributed by atoms with van der Waals surface area (Å²) in [6.45, 7) is 5.45. The standard InChI is InChI=1S/C16H32N2O/c1-3-4-13-5-8-16(17)14(11-13)12-18(9-10-19-2)15-6-7-15/h13-16H,3-12,17H2,1-2H3. The molecule has 0 aromatic carbocycles. The largest absolute Gasteiger partial charge is 0.383 e. The molecule has 0 heterocycles. The van der Waals surface area contributed by atoms with Crippen molar-refractivity contribution in [3.8, 4) is 0 Å². The van der Waals surface area contributed by atoms with E-state index in [9.17, 15) is 0 Å². The lowest BCUT2D eigenvalue weighted by Gasteiger charge is -2.37. The Morgan fingerprint density at radius 1 is 1.21 bits per heavy atom. The Labute approximate surface area is 118 Å². The number of hydrogen-bond acceptors (Lipinski definition) is 3. The molecule has 2 aliphatic rings. The molecule has 0 aromatic rings.